The number of aromatic carboxylic acids is 1. The fourth-order valence-corrected chi connectivity index (χ4v) is 0.630. The first kappa shape index (κ1) is 7.33. The topological polar surface area (TPSA) is 85.3 Å². The molecule has 0 aliphatic rings. The summed E-state index contributed by atoms with van der Waals surface area (Å²) in [5.41, 5.74) is -0.442. The molecule has 58 valence electrons. The van der Waals surface area contributed by atoms with Crippen molar-refractivity contribution in [3.63, 3.8) is 0 Å². The molecule has 0 aromatic carbocycles. The first-order valence-electron chi connectivity index (χ1n) is 2.82. The Bertz CT molecular complexity index is 342. The molecule has 0 unspecified atom stereocenters. The van der Waals surface area contributed by atoms with E-state index in [0.717, 1.165) is 16.9 Å². The second-order valence-electron chi connectivity index (χ2n) is 1.97. The second kappa shape index (κ2) is 2.45. The Morgan fingerprint density at radius 3 is 2.64 bits per heavy atom. The predicted octanol–water partition coefficient (Wildman–Crippen LogP) is -0.740. The number of hydrogen-bond acceptors (Lipinski definition) is 3. The van der Waals surface area contributed by atoms with Crippen LogP contribution >= 0.6 is 0 Å². The maximum atomic E-state index is 10.6. The monoisotopic (exact) mass is 154 g/mol. The van der Waals surface area contributed by atoms with Crippen LogP contribution in [0.1, 0.15) is 10.4 Å². The third kappa shape index (κ3) is 1.37. The van der Waals surface area contributed by atoms with Gasteiger partial charge in [-0.3, -0.25) is 4.79 Å². The van der Waals surface area contributed by atoms with Gasteiger partial charge in [0.25, 0.3) is 5.56 Å². The summed E-state index contributed by atoms with van der Waals surface area (Å²) in [6.45, 7) is 0. The molecule has 1 rings (SSSR count). The van der Waals surface area contributed by atoms with E-state index in [1.165, 1.54) is 6.07 Å². The number of carboxylic acid groups (broad SMARTS) is 1. The van der Waals surface area contributed by atoms with Crippen LogP contribution in [-0.2, 0) is 0 Å². The highest BCUT2D eigenvalue weighted by Crippen LogP contribution is 1.91. The molecule has 0 atom stereocenters. The molecule has 5 nitrogen and oxygen atoms in total. The van der Waals surface area contributed by atoms with E-state index in [1.807, 2.05) is 0 Å². The van der Waals surface area contributed by atoms with E-state index in [-0.39, 0.29) is 5.56 Å². The first-order valence-corrected chi connectivity index (χ1v) is 2.82. The number of nitrogens with zero attached hydrogens (tertiary/aromatic N) is 1. The Hall–Kier alpha value is -1.78. The van der Waals surface area contributed by atoms with Crippen LogP contribution in [-0.4, -0.2) is 15.8 Å². The Balaban J connectivity index is 3.26. The van der Waals surface area contributed by atoms with Gasteiger partial charge in [0.15, 0.2) is 0 Å². The van der Waals surface area contributed by atoms with Crippen LogP contribution < -0.4 is 11.4 Å². The van der Waals surface area contributed by atoms with Crippen LogP contribution in [0.2, 0.25) is 0 Å². The maximum Gasteiger partial charge on any atom is 0.337 e. The Morgan fingerprint density at radius 1 is 1.55 bits per heavy atom. The number of nitrogen functional groups attached to an aromatic ring is 1. The Labute approximate surface area is 61.7 Å². The minimum Gasteiger partial charge on any atom is -0.478 e. The standard InChI is InChI=1S/C6H6N2O3/c7-8-3-4(6(10)11)1-2-5(8)9/h1-3H,7H2,(H,10,11). The van der Waals surface area contributed by atoms with Crippen molar-refractivity contribution in [3.05, 3.63) is 34.2 Å². The number of carboxylic acids is 1. The number of aromatic nitrogens is 1. The summed E-state index contributed by atoms with van der Waals surface area (Å²) in [5, 5.41) is 8.43. The molecule has 5 heteroatoms. The van der Waals surface area contributed by atoms with Crippen LogP contribution in [0, 0.1) is 0 Å². The minimum absolute atomic E-state index is 0.00731. The predicted molar refractivity (Wildman–Crippen MR) is 37.8 cm³/mol. The van der Waals surface area contributed by atoms with E-state index in [9.17, 15) is 9.59 Å². The van der Waals surface area contributed by atoms with Crippen molar-refractivity contribution < 1.29 is 9.90 Å². The van der Waals surface area contributed by atoms with Gasteiger partial charge in [-0.15, -0.1) is 0 Å². The molecule has 1 heterocycles. The summed E-state index contributed by atoms with van der Waals surface area (Å²) < 4.78 is 0.726. The zero-order valence-electron chi connectivity index (χ0n) is 5.52. The summed E-state index contributed by atoms with van der Waals surface area (Å²) in [5.74, 6) is 3.99. The van der Waals surface area contributed by atoms with Crippen LogP contribution in [0.25, 0.3) is 0 Å². The third-order valence-electron chi connectivity index (χ3n) is 1.19. The molecule has 3 N–H and O–H groups in total. The van der Waals surface area contributed by atoms with E-state index >= 15 is 0 Å². The third-order valence-corrected chi connectivity index (χ3v) is 1.19. The zero-order chi connectivity index (χ0) is 8.43. The molecule has 0 fully saturated rings. The lowest BCUT2D eigenvalue weighted by atomic mass is 10.3. The van der Waals surface area contributed by atoms with Crippen molar-refractivity contribution in [3.8, 4) is 0 Å². The summed E-state index contributed by atoms with van der Waals surface area (Å²) in [4.78, 5) is 20.9. The van der Waals surface area contributed by atoms with Crippen LogP contribution in [0.4, 0.5) is 0 Å². The van der Waals surface area contributed by atoms with Gasteiger partial charge in [0.1, 0.15) is 0 Å². The van der Waals surface area contributed by atoms with Gasteiger partial charge in [-0.2, -0.15) is 0 Å². The highest BCUT2D eigenvalue weighted by molar-refractivity contribution is 5.87. The summed E-state index contributed by atoms with van der Waals surface area (Å²) in [6, 6.07) is 2.30. The fourth-order valence-electron chi connectivity index (χ4n) is 0.630. The van der Waals surface area contributed by atoms with Gasteiger partial charge in [-0.05, 0) is 6.07 Å². The highest BCUT2D eigenvalue weighted by Gasteiger charge is 2.02. The SMILES string of the molecule is Nn1cc(C(=O)O)ccc1=O. The van der Waals surface area contributed by atoms with Gasteiger partial charge in [-0.1, -0.05) is 0 Å². The van der Waals surface area contributed by atoms with E-state index in [2.05, 4.69) is 0 Å². The molecule has 0 aliphatic carbocycles. The molecule has 1 aromatic rings. The molecule has 0 amide bonds. The molecule has 0 aliphatic heterocycles. The zero-order valence-corrected chi connectivity index (χ0v) is 5.52. The normalized spacial score (nSPS) is 9.45. The van der Waals surface area contributed by atoms with Gasteiger partial charge in [0.2, 0.25) is 0 Å². The van der Waals surface area contributed by atoms with E-state index in [4.69, 9.17) is 10.9 Å². The lowest BCUT2D eigenvalue weighted by Gasteiger charge is -1.96. The molecule has 11 heavy (non-hydrogen) atoms. The summed E-state index contributed by atoms with van der Waals surface area (Å²) >= 11 is 0. The van der Waals surface area contributed by atoms with Crippen LogP contribution in [0.3, 0.4) is 0 Å². The van der Waals surface area contributed by atoms with Crippen LogP contribution in [0.15, 0.2) is 23.1 Å². The molecule has 0 spiro atoms. The van der Waals surface area contributed by atoms with Crippen LogP contribution in [0.5, 0.6) is 0 Å². The van der Waals surface area contributed by atoms with Gasteiger partial charge >= 0.3 is 5.97 Å². The van der Waals surface area contributed by atoms with Crippen molar-refractivity contribution >= 4 is 5.97 Å². The average molecular weight is 154 g/mol. The summed E-state index contributed by atoms with van der Waals surface area (Å²) in [6.07, 6.45) is 1.06. The molecule has 0 radical (unpaired) electrons. The molecule has 0 bridgehead atoms. The maximum absolute atomic E-state index is 10.6. The molecular formula is C6H6N2O3. The number of carbonyl (C=O) groups is 1. The van der Waals surface area contributed by atoms with Crippen molar-refractivity contribution in [2.24, 2.45) is 0 Å². The molecule has 1 aromatic heterocycles. The molecule has 0 saturated carbocycles. The van der Waals surface area contributed by atoms with Gasteiger partial charge < -0.3 is 10.9 Å². The highest BCUT2D eigenvalue weighted by atomic mass is 16.4. The van der Waals surface area contributed by atoms with Crippen molar-refractivity contribution in [2.75, 3.05) is 5.84 Å². The minimum atomic E-state index is -1.11. The smallest absolute Gasteiger partial charge is 0.337 e. The fraction of sp³-hybridized carbons (Fsp3) is 0. The molecule has 0 saturated heterocycles. The largest absolute Gasteiger partial charge is 0.478 e. The lowest BCUT2D eigenvalue weighted by molar-refractivity contribution is 0.0696. The van der Waals surface area contributed by atoms with E-state index in [0.29, 0.717) is 0 Å². The van der Waals surface area contributed by atoms with Crippen molar-refractivity contribution in [1.82, 2.24) is 4.68 Å². The number of pyridine rings is 1. The quantitative estimate of drug-likeness (QED) is 0.521. The second-order valence-corrected chi connectivity index (χ2v) is 1.97. The van der Waals surface area contributed by atoms with Crippen molar-refractivity contribution in [1.29, 1.82) is 0 Å². The Morgan fingerprint density at radius 2 is 2.18 bits per heavy atom. The first-order chi connectivity index (χ1) is 5.11. The average Bonchev–Trinajstić information content (AvgIpc) is 1.94. The Kier molecular flexibility index (Phi) is 1.63. The van der Waals surface area contributed by atoms with Crippen molar-refractivity contribution in [2.45, 2.75) is 0 Å². The number of rotatable bonds is 1. The van der Waals surface area contributed by atoms with E-state index in [1.54, 1.807) is 0 Å². The van der Waals surface area contributed by atoms with Gasteiger partial charge in [-0.25, -0.2) is 9.47 Å². The summed E-state index contributed by atoms with van der Waals surface area (Å²) in [7, 11) is 0. The van der Waals surface area contributed by atoms with Gasteiger partial charge in [0, 0.05) is 12.3 Å². The lowest BCUT2D eigenvalue weighted by Crippen LogP contribution is -2.26. The number of hydrogen-bond donors (Lipinski definition) is 2. The van der Waals surface area contributed by atoms with E-state index < -0.39 is 11.5 Å². The number of nitrogens with two attached hydrogens (primary N) is 1. The molecular weight excluding hydrogens is 148 g/mol. The van der Waals surface area contributed by atoms with Gasteiger partial charge in [0.05, 0.1) is 5.56 Å².